The number of rotatable bonds is 5. The highest BCUT2D eigenvalue weighted by Gasteiger charge is 2.48. The fraction of sp³-hybridized carbons (Fsp3) is 0.929. The van der Waals surface area contributed by atoms with Gasteiger partial charge < -0.3 is 5.11 Å². The Morgan fingerprint density at radius 2 is 1.86 bits per heavy atom. The van der Waals surface area contributed by atoms with E-state index in [-0.39, 0.29) is 6.54 Å². The summed E-state index contributed by atoms with van der Waals surface area (Å²) in [7, 11) is -3.50. The van der Waals surface area contributed by atoms with Crippen LogP contribution < -0.4 is 0 Å². The molecule has 122 valence electrons. The zero-order valence-electron chi connectivity index (χ0n) is 12.9. The van der Waals surface area contributed by atoms with E-state index in [1.165, 1.54) is 8.61 Å². The van der Waals surface area contributed by atoms with Gasteiger partial charge in [-0.3, -0.25) is 4.79 Å². The van der Waals surface area contributed by atoms with Crippen molar-refractivity contribution in [1.29, 1.82) is 0 Å². The average Bonchev–Trinajstić information content (AvgIpc) is 2.86. The van der Waals surface area contributed by atoms with Crippen LogP contribution in [-0.2, 0) is 15.0 Å². The van der Waals surface area contributed by atoms with Gasteiger partial charge in [0.1, 0.15) is 0 Å². The van der Waals surface area contributed by atoms with Gasteiger partial charge in [-0.05, 0) is 31.6 Å². The third-order valence-electron chi connectivity index (χ3n) is 4.90. The second-order valence-electron chi connectivity index (χ2n) is 6.51. The minimum absolute atomic E-state index is 0.116. The molecule has 0 aromatic carbocycles. The van der Waals surface area contributed by atoms with Crippen molar-refractivity contribution in [3.05, 3.63) is 0 Å². The van der Waals surface area contributed by atoms with Crippen molar-refractivity contribution in [2.24, 2.45) is 11.3 Å². The quantitative estimate of drug-likeness (QED) is 0.834. The first kappa shape index (κ1) is 16.7. The number of piperidine rings is 1. The standard InChI is InChI=1S/C14H26N2O4S/c1-3-6-14(13(17)18)7-10-16(11-14)21(19,20)15-8-4-12(2)5-9-15/h12H,3-11H2,1-2H3,(H,17,18). The molecule has 2 fully saturated rings. The molecular weight excluding hydrogens is 292 g/mol. The lowest BCUT2D eigenvalue weighted by Gasteiger charge is -2.33. The number of hydrogen-bond acceptors (Lipinski definition) is 3. The van der Waals surface area contributed by atoms with Crippen molar-refractivity contribution >= 4 is 16.2 Å². The molecule has 6 nitrogen and oxygen atoms in total. The van der Waals surface area contributed by atoms with Crippen molar-refractivity contribution in [3.63, 3.8) is 0 Å². The highest BCUT2D eigenvalue weighted by Crippen LogP contribution is 2.37. The predicted octanol–water partition coefficient (Wildman–Crippen LogP) is 1.54. The summed E-state index contributed by atoms with van der Waals surface area (Å²) < 4.78 is 28.2. The minimum atomic E-state index is -3.50. The molecular formula is C14H26N2O4S. The van der Waals surface area contributed by atoms with Gasteiger partial charge >= 0.3 is 5.97 Å². The number of carbonyl (C=O) groups is 1. The van der Waals surface area contributed by atoms with Crippen LogP contribution in [0.1, 0.15) is 46.0 Å². The molecule has 2 rings (SSSR count). The fourth-order valence-corrected chi connectivity index (χ4v) is 5.11. The Labute approximate surface area is 127 Å². The van der Waals surface area contributed by atoms with Crippen molar-refractivity contribution in [2.75, 3.05) is 26.2 Å². The number of carboxylic acids is 1. The van der Waals surface area contributed by atoms with E-state index in [2.05, 4.69) is 6.92 Å². The van der Waals surface area contributed by atoms with Gasteiger partial charge in [0.25, 0.3) is 10.2 Å². The molecule has 2 heterocycles. The Kier molecular flexibility index (Phi) is 4.95. The van der Waals surface area contributed by atoms with E-state index in [0.717, 1.165) is 19.3 Å². The normalized spacial score (nSPS) is 29.8. The second kappa shape index (κ2) is 6.22. The Bertz CT molecular complexity index is 485. The maximum atomic E-state index is 12.7. The molecule has 1 N–H and O–H groups in total. The Morgan fingerprint density at radius 1 is 1.24 bits per heavy atom. The zero-order valence-corrected chi connectivity index (χ0v) is 13.7. The summed E-state index contributed by atoms with van der Waals surface area (Å²) in [6.45, 7) is 5.61. The molecule has 2 aliphatic heterocycles. The van der Waals surface area contributed by atoms with Crippen molar-refractivity contribution in [2.45, 2.75) is 46.0 Å². The number of aliphatic carboxylic acids is 1. The van der Waals surface area contributed by atoms with E-state index in [4.69, 9.17) is 0 Å². The monoisotopic (exact) mass is 318 g/mol. The summed E-state index contributed by atoms with van der Waals surface area (Å²) in [4.78, 5) is 11.6. The van der Waals surface area contributed by atoms with E-state index in [9.17, 15) is 18.3 Å². The highest BCUT2D eigenvalue weighted by molar-refractivity contribution is 7.86. The topological polar surface area (TPSA) is 77.9 Å². The third-order valence-corrected chi connectivity index (χ3v) is 6.88. The zero-order chi connectivity index (χ0) is 15.7. The van der Waals surface area contributed by atoms with Gasteiger partial charge in [0.15, 0.2) is 0 Å². The summed E-state index contributed by atoms with van der Waals surface area (Å²) in [5, 5.41) is 9.49. The summed E-state index contributed by atoms with van der Waals surface area (Å²) in [6, 6.07) is 0. The van der Waals surface area contributed by atoms with Crippen LogP contribution in [0.25, 0.3) is 0 Å². The summed E-state index contributed by atoms with van der Waals surface area (Å²) in [5.41, 5.74) is -0.898. The van der Waals surface area contributed by atoms with Crippen molar-refractivity contribution in [1.82, 2.24) is 8.61 Å². The molecule has 2 aliphatic rings. The summed E-state index contributed by atoms with van der Waals surface area (Å²) in [6.07, 6.45) is 3.46. The van der Waals surface area contributed by atoms with Gasteiger partial charge in [0, 0.05) is 26.2 Å². The lowest BCUT2D eigenvalue weighted by Crippen LogP contribution is -2.47. The minimum Gasteiger partial charge on any atom is -0.481 e. The van der Waals surface area contributed by atoms with E-state index in [1.807, 2.05) is 6.92 Å². The molecule has 0 bridgehead atoms. The number of hydrogen-bond donors (Lipinski definition) is 1. The van der Waals surface area contributed by atoms with E-state index < -0.39 is 21.6 Å². The third kappa shape index (κ3) is 3.24. The van der Waals surface area contributed by atoms with E-state index in [0.29, 0.717) is 38.4 Å². The molecule has 0 amide bonds. The predicted molar refractivity (Wildman–Crippen MR) is 80.1 cm³/mol. The molecule has 0 radical (unpaired) electrons. The van der Waals surface area contributed by atoms with Crippen molar-refractivity contribution < 1.29 is 18.3 Å². The van der Waals surface area contributed by atoms with Crippen LogP contribution >= 0.6 is 0 Å². The molecule has 0 aromatic heterocycles. The fourth-order valence-electron chi connectivity index (χ4n) is 3.37. The van der Waals surface area contributed by atoms with Crippen molar-refractivity contribution in [3.8, 4) is 0 Å². The van der Waals surface area contributed by atoms with Gasteiger partial charge in [-0.2, -0.15) is 17.0 Å². The molecule has 0 aromatic rings. The molecule has 1 unspecified atom stereocenters. The number of carboxylic acid groups (broad SMARTS) is 1. The maximum Gasteiger partial charge on any atom is 0.311 e. The molecule has 0 spiro atoms. The van der Waals surface area contributed by atoms with Crippen LogP contribution in [0, 0.1) is 11.3 Å². The average molecular weight is 318 g/mol. The molecule has 2 saturated heterocycles. The van der Waals surface area contributed by atoms with Gasteiger partial charge in [-0.25, -0.2) is 0 Å². The van der Waals surface area contributed by atoms with E-state index in [1.54, 1.807) is 0 Å². The Balaban J connectivity index is 2.10. The van der Waals surface area contributed by atoms with Crippen LogP contribution in [-0.4, -0.2) is 54.3 Å². The smallest absolute Gasteiger partial charge is 0.311 e. The summed E-state index contributed by atoms with van der Waals surface area (Å²) in [5.74, 6) is -0.303. The number of nitrogens with zero attached hydrogens (tertiary/aromatic N) is 2. The SMILES string of the molecule is CCCC1(C(=O)O)CCN(S(=O)(=O)N2CCC(C)CC2)C1. The van der Waals surface area contributed by atoms with Gasteiger partial charge in [-0.15, -0.1) is 0 Å². The Hall–Kier alpha value is -0.660. The lowest BCUT2D eigenvalue weighted by molar-refractivity contribution is -0.148. The van der Waals surface area contributed by atoms with Crippen LogP contribution in [0.3, 0.4) is 0 Å². The lowest BCUT2D eigenvalue weighted by atomic mass is 9.83. The largest absolute Gasteiger partial charge is 0.481 e. The van der Waals surface area contributed by atoms with Crippen LogP contribution in [0.5, 0.6) is 0 Å². The molecule has 0 saturated carbocycles. The Morgan fingerprint density at radius 3 is 2.38 bits per heavy atom. The van der Waals surface area contributed by atoms with Crippen LogP contribution in [0.2, 0.25) is 0 Å². The first-order chi connectivity index (χ1) is 9.82. The van der Waals surface area contributed by atoms with E-state index >= 15 is 0 Å². The molecule has 7 heteroatoms. The second-order valence-corrected chi connectivity index (χ2v) is 8.44. The first-order valence-electron chi connectivity index (χ1n) is 7.80. The molecule has 0 aliphatic carbocycles. The maximum absolute atomic E-state index is 12.7. The first-order valence-corrected chi connectivity index (χ1v) is 9.20. The molecule has 21 heavy (non-hydrogen) atoms. The van der Waals surface area contributed by atoms with Gasteiger partial charge in [-0.1, -0.05) is 20.3 Å². The highest BCUT2D eigenvalue weighted by atomic mass is 32.2. The van der Waals surface area contributed by atoms with Gasteiger partial charge in [0.2, 0.25) is 0 Å². The van der Waals surface area contributed by atoms with Gasteiger partial charge in [0.05, 0.1) is 5.41 Å². The van der Waals surface area contributed by atoms with Crippen LogP contribution in [0.15, 0.2) is 0 Å². The van der Waals surface area contributed by atoms with Crippen LogP contribution in [0.4, 0.5) is 0 Å². The molecule has 1 atom stereocenters. The summed E-state index contributed by atoms with van der Waals surface area (Å²) >= 11 is 0.